The summed E-state index contributed by atoms with van der Waals surface area (Å²) in [7, 11) is 1.36. The molecule has 0 bridgehead atoms. The molecule has 34 heavy (non-hydrogen) atoms. The number of nitrogens with zero attached hydrogens (tertiary/aromatic N) is 3. The molecule has 0 aliphatic carbocycles. The van der Waals surface area contributed by atoms with Crippen LogP contribution >= 0.6 is 0 Å². The first-order chi connectivity index (χ1) is 16.6. The Kier molecular flexibility index (Phi) is 7.64. The lowest BCUT2D eigenvalue weighted by Gasteiger charge is -2.22. The Bertz CT molecular complexity index is 1120. The molecule has 9 heteroatoms. The highest BCUT2D eigenvalue weighted by Gasteiger charge is 2.17. The van der Waals surface area contributed by atoms with E-state index in [9.17, 15) is 9.18 Å². The maximum atomic E-state index is 14.6. The van der Waals surface area contributed by atoms with Crippen LogP contribution in [0.15, 0.2) is 42.9 Å². The molecule has 1 aliphatic rings. The number of halogens is 1. The van der Waals surface area contributed by atoms with Gasteiger partial charge in [-0.05, 0) is 50.2 Å². The lowest BCUT2D eigenvalue weighted by atomic mass is 9.94. The molecule has 0 saturated carbocycles. The first kappa shape index (κ1) is 23.6. The van der Waals surface area contributed by atoms with Gasteiger partial charge in [-0.15, -0.1) is 0 Å². The van der Waals surface area contributed by atoms with Crippen LogP contribution in [0.5, 0.6) is 11.5 Å². The Hall–Kier alpha value is -3.59. The van der Waals surface area contributed by atoms with Gasteiger partial charge in [-0.2, -0.15) is 0 Å². The molecule has 8 nitrogen and oxygen atoms in total. The zero-order valence-electron chi connectivity index (χ0n) is 19.3. The van der Waals surface area contributed by atoms with Crippen molar-refractivity contribution in [2.45, 2.75) is 38.7 Å². The highest BCUT2D eigenvalue weighted by Crippen LogP contribution is 2.26. The minimum absolute atomic E-state index is 0.00785. The number of Topliss-reactive ketones (excluding diaryl/α,β-unsaturated/α-hetero) is 1. The van der Waals surface area contributed by atoms with Gasteiger partial charge in [0.15, 0.2) is 23.1 Å². The molecule has 3 aromatic rings. The third-order valence-corrected chi connectivity index (χ3v) is 5.80. The quantitative estimate of drug-likeness (QED) is 0.449. The molecule has 1 saturated heterocycles. The summed E-state index contributed by atoms with van der Waals surface area (Å²) in [5, 5.41) is 6.48. The molecule has 1 aliphatic heterocycles. The minimum Gasteiger partial charge on any atom is -0.494 e. The van der Waals surface area contributed by atoms with Crippen molar-refractivity contribution >= 4 is 17.4 Å². The predicted octanol–water partition coefficient (Wildman–Crippen LogP) is 4.40. The molecule has 0 radical (unpaired) electrons. The van der Waals surface area contributed by atoms with Gasteiger partial charge in [-0.3, -0.25) is 9.78 Å². The van der Waals surface area contributed by atoms with Crippen molar-refractivity contribution in [1.29, 1.82) is 0 Å². The molecule has 2 aromatic heterocycles. The number of hydrogen-bond donors (Lipinski definition) is 2. The molecule has 4 rings (SSSR count). The van der Waals surface area contributed by atoms with Crippen molar-refractivity contribution < 1.29 is 18.7 Å². The van der Waals surface area contributed by atoms with Crippen molar-refractivity contribution in [2.75, 3.05) is 25.5 Å². The minimum atomic E-state index is -0.560. The monoisotopic (exact) mass is 465 g/mol. The Morgan fingerprint density at radius 2 is 1.91 bits per heavy atom. The topological polar surface area (TPSA) is 98.3 Å². The maximum absolute atomic E-state index is 14.6. The second-order valence-corrected chi connectivity index (χ2v) is 8.08. The van der Waals surface area contributed by atoms with Crippen molar-refractivity contribution in [3.63, 3.8) is 0 Å². The lowest BCUT2D eigenvalue weighted by Crippen LogP contribution is -2.27. The number of aromatic nitrogens is 3. The second-order valence-electron chi connectivity index (χ2n) is 8.08. The van der Waals surface area contributed by atoms with E-state index in [2.05, 4.69) is 25.6 Å². The normalized spacial score (nSPS) is 14.0. The summed E-state index contributed by atoms with van der Waals surface area (Å²) >= 11 is 0. The van der Waals surface area contributed by atoms with E-state index in [1.54, 1.807) is 13.1 Å². The zero-order chi connectivity index (χ0) is 23.9. The number of methoxy groups -OCH3 is 1. The predicted molar refractivity (Wildman–Crippen MR) is 126 cm³/mol. The second kappa shape index (κ2) is 11.0. The lowest BCUT2D eigenvalue weighted by molar-refractivity contribution is 0.0987. The number of benzene rings is 1. The van der Waals surface area contributed by atoms with E-state index in [4.69, 9.17) is 9.47 Å². The summed E-state index contributed by atoms with van der Waals surface area (Å²) in [6.07, 6.45) is 7.30. The molecular formula is C25H28FN5O3. The molecule has 0 unspecified atom stereocenters. The van der Waals surface area contributed by atoms with Gasteiger partial charge in [0.25, 0.3) is 0 Å². The molecule has 0 spiro atoms. The van der Waals surface area contributed by atoms with Gasteiger partial charge in [0, 0.05) is 29.2 Å². The van der Waals surface area contributed by atoms with Gasteiger partial charge < -0.3 is 20.1 Å². The summed E-state index contributed by atoms with van der Waals surface area (Å²) < 4.78 is 25.3. The summed E-state index contributed by atoms with van der Waals surface area (Å²) in [5.41, 5.74) is 2.50. The van der Waals surface area contributed by atoms with Gasteiger partial charge >= 0.3 is 0 Å². The van der Waals surface area contributed by atoms with Crippen LogP contribution < -0.4 is 20.1 Å². The molecule has 178 valence electrons. The van der Waals surface area contributed by atoms with Crippen LogP contribution in [0.2, 0.25) is 0 Å². The van der Waals surface area contributed by atoms with Crippen LogP contribution in [0, 0.1) is 5.82 Å². The third kappa shape index (κ3) is 5.66. The number of piperidine rings is 1. The van der Waals surface area contributed by atoms with E-state index < -0.39 is 5.82 Å². The number of carbonyl (C=O) groups is 1. The Morgan fingerprint density at radius 1 is 1.15 bits per heavy atom. The van der Waals surface area contributed by atoms with Crippen LogP contribution in [-0.4, -0.2) is 40.9 Å². The van der Waals surface area contributed by atoms with E-state index in [1.165, 1.54) is 31.6 Å². The smallest absolute Gasteiger partial charge is 0.227 e. The Labute approximate surface area is 198 Å². The average Bonchev–Trinajstić information content (AvgIpc) is 2.89. The molecule has 1 aromatic carbocycles. The number of hydrogen-bond acceptors (Lipinski definition) is 8. The number of nitrogens with one attached hydrogen (secondary N) is 2. The summed E-state index contributed by atoms with van der Waals surface area (Å²) in [5.74, 6) is 0.608. The largest absolute Gasteiger partial charge is 0.494 e. The van der Waals surface area contributed by atoms with Crippen molar-refractivity contribution in [2.24, 2.45) is 0 Å². The van der Waals surface area contributed by atoms with Crippen LogP contribution in [0.25, 0.3) is 0 Å². The van der Waals surface area contributed by atoms with Gasteiger partial charge in [0.1, 0.15) is 6.61 Å². The van der Waals surface area contributed by atoms with Gasteiger partial charge in [-0.25, -0.2) is 14.4 Å². The van der Waals surface area contributed by atoms with E-state index in [0.29, 0.717) is 29.6 Å². The molecular weight excluding hydrogens is 437 g/mol. The highest BCUT2D eigenvalue weighted by molar-refractivity contribution is 5.96. The third-order valence-electron chi connectivity index (χ3n) is 5.80. The van der Waals surface area contributed by atoms with Crippen molar-refractivity contribution in [3.05, 3.63) is 65.5 Å². The SMILES string of the molecule is CCC(=O)c1cc(COc2cnc(Nc3ccc(C4CCNCC4)nc3)nc2)c(F)c(OC)c1. The van der Waals surface area contributed by atoms with E-state index in [1.807, 2.05) is 12.1 Å². The fourth-order valence-corrected chi connectivity index (χ4v) is 3.86. The number of pyridine rings is 1. The number of ketones is 1. The van der Waals surface area contributed by atoms with E-state index in [-0.39, 0.29) is 23.7 Å². The van der Waals surface area contributed by atoms with Crippen LogP contribution in [-0.2, 0) is 6.61 Å². The first-order valence-corrected chi connectivity index (χ1v) is 11.4. The zero-order valence-corrected chi connectivity index (χ0v) is 19.3. The van der Waals surface area contributed by atoms with Gasteiger partial charge in [0.05, 0.1) is 31.4 Å². The average molecular weight is 466 g/mol. The molecule has 3 heterocycles. The van der Waals surface area contributed by atoms with Crippen molar-refractivity contribution in [3.8, 4) is 11.5 Å². The molecule has 1 fully saturated rings. The van der Waals surface area contributed by atoms with E-state index in [0.717, 1.165) is 37.3 Å². The highest BCUT2D eigenvalue weighted by atomic mass is 19.1. The fraction of sp³-hybridized carbons (Fsp3) is 0.360. The molecule has 2 N–H and O–H groups in total. The number of ether oxygens (including phenoxy) is 2. The number of anilines is 2. The first-order valence-electron chi connectivity index (χ1n) is 11.4. The Balaban J connectivity index is 1.37. The Morgan fingerprint density at radius 3 is 2.56 bits per heavy atom. The van der Waals surface area contributed by atoms with Crippen LogP contribution in [0.3, 0.4) is 0 Å². The number of rotatable bonds is 9. The van der Waals surface area contributed by atoms with E-state index >= 15 is 0 Å². The number of carbonyl (C=O) groups excluding carboxylic acids is 1. The maximum Gasteiger partial charge on any atom is 0.227 e. The van der Waals surface area contributed by atoms with Gasteiger partial charge in [0.2, 0.25) is 5.95 Å². The van der Waals surface area contributed by atoms with Crippen LogP contribution in [0.4, 0.5) is 16.0 Å². The molecule has 0 atom stereocenters. The summed E-state index contributed by atoms with van der Waals surface area (Å²) in [6.45, 7) is 3.71. The standard InChI is InChI=1S/C25H28FN5O3/c1-3-22(32)17-10-18(24(26)23(11-17)33-2)15-34-20-13-29-25(30-14-20)31-19-4-5-21(28-12-19)16-6-8-27-9-7-16/h4-5,10-14,16,27H,3,6-9,15H2,1-2H3,(H,29,30,31). The van der Waals surface area contributed by atoms with Crippen molar-refractivity contribution in [1.82, 2.24) is 20.3 Å². The van der Waals surface area contributed by atoms with Gasteiger partial charge in [-0.1, -0.05) is 6.92 Å². The summed E-state index contributed by atoms with van der Waals surface area (Å²) in [6, 6.07) is 6.90. The van der Waals surface area contributed by atoms with Crippen LogP contribution in [0.1, 0.15) is 53.7 Å². The molecule has 0 amide bonds. The summed E-state index contributed by atoms with van der Waals surface area (Å²) in [4.78, 5) is 25.2. The fourth-order valence-electron chi connectivity index (χ4n) is 3.86.